The molecule has 4 rings (SSSR count). The summed E-state index contributed by atoms with van der Waals surface area (Å²) in [6.45, 7) is 6.65. The highest BCUT2D eigenvalue weighted by molar-refractivity contribution is 7.18. The average molecular weight is 435 g/mol. The molecule has 0 spiro atoms. The Morgan fingerprint density at radius 3 is 2.94 bits per heavy atom. The van der Waals surface area contributed by atoms with Gasteiger partial charge in [-0.15, -0.1) is 11.3 Å². The van der Waals surface area contributed by atoms with E-state index in [2.05, 4.69) is 48.3 Å². The molecular formula is C25H30N4OS. The summed E-state index contributed by atoms with van der Waals surface area (Å²) in [6, 6.07) is 18.4. The van der Waals surface area contributed by atoms with Gasteiger partial charge >= 0.3 is 0 Å². The summed E-state index contributed by atoms with van der Waals surface area (Å²) in [4.78, 5) is 7.11. The molecule has 0 aliphatic carbocycles. The van der Waals surface area contributed by atoms with Gasteiger partial charge in [0.25, 0.3) is 0 Å². The number of fused-ring (bicyclic) bond motifs is 1. The van der Waals surface area contributed by atoms with Crippen LogP contribution in [0.15, 0.2) is 48.5 Å². The molecule has 6 heteroatoms. The molecule has 0 amide bonds. The first kappa shape index (κ1) is 21.9. The molecule has 1 aliphatic heterocycles. The van der Waals surface area contributed by atoms with Gasteiger partial charge in [0, 0.05) is 31.1 Å². The minimum absolute atomic E-state index is 0.136. The van der Waals surface area contributed by atoms with Gasteiger partial charge in [-0.2, -0.15) is 5.26 Å². The summed E-state index contributed by atoms with van der Waals surface area (Å²) >= 11 is 1.74. The normalized spacial score (nSPS) is 18.3. The van der Waals surface area contributed by atoms with Crippen LogP contribution in [0.25, 0.3) is 10.2 Å². The zero-order valence-corrected chi connectivity index (χ0v) is 19.0. The molecule has 0 unspecified atom stereocenters. The molecule has 5 nitrogen and oxygen atoms in total. The van der Waals surface area contributed by atoms with Crippen LogP contribution in [0.2, 0.25) is 0 Å². The fourth-order valence-electron chi connectivity index (χ4n) is 4.41. The fraction of sp³-hybridized carbons (Fsp3) is 0.440. The van der Waals surface area contributed by atoms with Crippen LogP contribution < -0.4 is 5.32 Å². The van der Waals surface area contributed by atoms with E-state index in [1.165, 1.54) is 4.70 Å². The zero-order valence-electron chi connectivity index (χ0n) is 18.2. The quantitative estimate of drug-likeness (QED) is 0.558. The molecule has 2 heterocycles. The van der Waals surface area contributed by atoms with Crippen molar-refractivity contribution in [2.75, 3.05) is 13.1 Å². The van der Waals surface area contributed by atoms with Crippen molar-refractivity contribution in [1.82, 2.24) is 15.2 Å². The molecule has 1 aromatic heterocycles. The van der Waals surface area contributed by atoms with Crippen LogP contribution >= 0.6 is 11.3 Å². The Bertz CT molecular complexity index is 1040. The van der Waals surface area contributed by atoms with Crippen molar-refractivity contribution < 1.29 is 5.11 Å². The van der Waals surface area contributed by atoms with Crippen molar-refractivity contribution in [3.05, 3.63) is 64.7 Å². The van der Waals surface area contributed by atoms with Crippen molar-refractivity contribution in [2.45, 2.75) is 57.3 Å². The van der Waals surface area contributed by atoms with Gasteiger partial charge in [0.2, 0.25) is 0 Å². The second kappa shape index (κ2) is 9.46. The van der Waals surface area contributed by atoms with Crippen LogP contribution in [0, 0.1) is 11.3 Å². The summed E-state index contributed by atoms with van der Waals surface area (Å²) in [5.41, 5.74) is 2.72. The summed E-state index contributed by atoms with van der Waals surface area (Å²) in [6.07, 6.45) is 2.48. The van der Waals surface area contributed by atoms with Crippen molar-refractivity contribution in [2.24, 2.45) is 0 Å². The SMILES string of the molecule is CC(C)(Cc1nc2ccccc2s1)NC[C@@H](O)[C@H]1CCCN1Cc1cccc(C#N)c1. The van der Waals surface area contributed by atoms with E-state index >= 15 is 0 Å². The van der Waals surface area contributed by atoms with E-state index in [0.717, 1.165) is 48.4 Å². The number of aromatic nitrogens is 1. The number of β-amino-alcohol motifs (C(OH)–C–C–N with tert-alkyl or cyclic N) is 1. The highest BCUT2D eigenvalue weighted by Crippen LogP contribution is 2.26. The predicted octanol–water partition coefficient (Wildman–Crippen LogP) is 4.10. The van der Waals surface area contributed by atoms with Crippen LogP contribution in [0.5, 0.6) is 0 Å². The third-order valence-electron chi connectivity index (χ3n) is 6.02. The number of likely N-dealkylation sites (tertiary alicyclic amines) is 1. The van der Waals surface area contributed by atoms with E-state index in [1.807, 2.05) is 30.3 Å². The molecule has 31 heavy (non-hydrogen) atoms. The molecule has 2 N–H and O–H groups in total. The maximum Gasteiger partial charge on any atom is 0.0991 e. The molecule has 2 aromatic carbocycles. The summed E-state index contributed by atoms with van der Waals surface area (Å²) in [5, 5.41) is 24.8. The van der Waals surface area contributed by atoms with Crippen LogP contribution in [-0.4, -0.2) is 45.8 Å². The topological polar surface area (TPSA) is 72.2 Å². The first-order chi connectivity index (χ1) is 14.9. The monoisotopic (exact) mass is 434 g/mol. The zero-order chi connectivity index (χ0) is 21.8. The standard InChI is InChI=1S/C25H30N4OS/c1-25(2,14-24-28-20-9-3-4-11-23(20)31-24)27-16-22(30)21-10-6-12-29(21)17-19-8-5-7-18(13-19)15-26/h3-5,7-9,11,13,21-22,27,30H,6,10,12,14,16-17H2,1-2H3/t21-,22-/m1/s1. The predicted molar refractivity (Wildman–Crippen MR) is 126 cm³/mol. The van der Waals surface area contributed by atoms with Crippen molar-refractivity contribution in [1.29, 1.82) is 5.26 Å². The Kier molecular flexibility index (Phi) is 6.68. The van der Waals surface area contributed by atoms with Crippen LogP contribution in [-0.2, 0) is 13.0 Å². The highest BCUT2D eigenvalue weighted by atomic mass is 32.1. The second-order valence-electron chi connectivity index (χ2n) is 9.08. The lowest BCUT2D eigenvalue weighted by Gasteiger charge is -2.32. The smallest absolute Gasteiger partial charge is 0.0991 e. The number of thiazole rings is 1. The van der Waals surface area contributed by atoms with Gasteiger partial charge < -0.3 is 10.4 Å². The molecule has 2 atom stereocenters. The lowest BCUT2D eigenvalue weighted by atomic mass is 9.99. The van der Waals surface area contributed by atoms with Crippen LogP contribution in [0.1, 0.15) is 42.8 Å². The molecule has 0 bridgehead atoms. The Morgan fingerprint density at radius 2 is 2.13 bits per heavy atom. The second-order valence-corrected chi connectivity index (χ2v) is 10.2. The number of aliphatic hydroxyl groups is 1. The van der Waals surface area contributed by atoms with Crippen molar-refractivity contribution in [3.63, 3.8) is 0 Å². The number of benzene rings is 2. The number of para-hydroxylation sites is 1. The molecule has 162 valence electrons. The number of hydrogen-bond acceptors (Lipinski definition) is 6. The van der Waals surface area contributed by atoms with Gasteiger partial charge in [-0.05, 0) is 63.1 Å². The maximum atomic E-state index is 11.0. The van der Waals surface area contributed by atoms with E-state index in [1.54, 1.807) is 11.3 Å². The van der Waals surface area contributed by atoms with Crippen molar-refractivity contribution >= 4 is 21.6 Å². The Morgan fingerprint density at radius 1 is 1.29 bits per heavy atom. The van der Waals surface area contributed by atoms with E-state index in [-0.39, 0.29) is 11.6 Å². The molecule has 1 aliphatic rings. The number of aliphatic hydroxyl groups excluding tert-OH is 1. The molecule has 0 radical (unpaired) electrons. The van der Waals surface area contributed by atoms with E-state index in [0.29, 0.717) is 12.1 Å². The minimum atomic E-state index is -0.434. The maximum absolute atomic E-state index is 11.0. The lowest BCUT2D eigenvalue weighted by molar-refractivity contribution is 0.0633. The number of nitrogens with one attached hydrogen (secondary N) is 1. The van der Waals surface area contributed by atoms with E-state index < -0.39 is 6.10 Å². The average Bonchev–Trinajstić information content (AvgIpc) is 3.38. The fourth-order valence-corrected chi connectivity index (χ4v) is 5.61. The number of hydrogen-bond donors (Lipinski definition) is 2. The third-order valence-corrected chi connectivity index (χ3v) is 7.06. The van der Waals surface area contributed by atoms with Crippen LogP contribution in [0.4, 0.5) is 0 Å². The number of rotatable bonds is 8. The number of nitriles is 1. The Labute approximate surface area is 188 Å². The lowest BCUT2D eigenvalue weighted by Crippen LogP contribution is -2.50. The van der Waals surface area contributed by atoms with E-state index in [9.17, 15) is 5.11 Å². The molecule has 0 saturated carbocycles. The van der Waals surface area contributed by atoms with Gasteiger partial charge in [0.15, 0.2) is 0 Å². The van der Waals surface area contributed by atoms with Crippen LogP contribution in [0.3, 0.4) is 0 Å². The number of nitrogens with zero attached hydrogens (tertiary/aromatic N) is 3. The van der Waals surface area contributed by atoms with Gasteiger partial charge in [0.1, 0.15) is 0 Å². The van der Waals surface area contributed by atoms with Gasteiger partial charge in [0.05, 0.1) is 33.0 Å². The molecule has 1 fully saturated rings. The Hall–Kier alpha value is -2.30. The first-order valence-electron chi connectivity index (χ1n) is 10.9. The van der Waals surface area contributed by atoms with Gasteiger partial charge in [-0.25, -0.2) is 4.98 Å². The van der Waals surface area contributed by atoms with Gasteiger partial charge in [-0.1, -0.05) is 24.3 Å². The third kappa shape index (κ3) is 5.50. The first-order valence-corrected chi connectivity index (χ1v) is 11.8. The molecule has 3 aromatic rings. The highest BCUT2D eigenvalue weighted by Gasteiger charge is 2.32. The largest absolute Gasteiger partial charge is 0.390 e. The summed E-state index contributed by atoms with van der Waals surface area (Å²) < 4.78 is 1.22. The van der Waals surface area contributed by atoms with Gasteiger partial charge in [-0.3, -0.25) is 4.90 Å². The minimum Gasteiger partial charge on any atom is -0.390 e. The molecular weight excluding hydrogens is 404 g/mol. The van der Waals surface area contributed by atoms with Crippen molar-refractivity contribution in [3.8, 4) is 6.07 Å². The van der Waals surface area contributed by atoms with E-state index in [4.69, 9.17) is 10.2 Å². The summed E-state index contributed by atoms with van der Waals surface area (Å²) in [5.74, 6) is 0. The molecule has 1 saturated heterocycles. The Balaban J connectivity index is 1.34. The summed E-state index contributed by atoms with van der Waals surface area (Å²) in [7, 11) is 0.